The molecule has 5 heteroatoms. The van der Waals surface area contributed by atoms with Gasteiger partial charge in [0.05, 0.1) is 11.1 Å². The van der Waals surface area contributed by atoms with Crippen molar-refractivity contribution in [2.45, 2.75) is 12.6 Å². The van der Waals surface area contributed by atoms with Gasteiger partial charge in [-0.3, -0.25) is 0 Å². The Hall–Kier alpha value is -1.07. The smallest absolute Gasteiger partial charge is 0.138 e. The quantitative estimate of drug-likeness (QED) is 0.669. The van der Waals surface area contributed by atoms with Crippen LogP contribution in [0.5, 0.6) is 5.75 Å². The molecule has 0 saturated carbocycles. The van der Waals surface area contributed by atoms with Crippen molar-refractivity contribution in [3.63, 3.8) is 0 Å². The monoisotopic (exact) mass is 296 g/mol. The predicted octanol–water partition coefficient (Wildman–Crippen LogP) is 1.57. The number of benzene rings is 1. The first kappa shape index (κ1) is 15.3. The van der Waals surface area contributed by atoms with Crippen LogP contribution in [-0.2, 0) is 6.54 Å². The number of rotatable bonds is 7. The van der Waals surface area contributed by atoms with E-state index in [1.165, 1.54) is 0 Å². The first-order chi connectivity index (χ1) is 9.70. The van der Waals surface area contributed by atoms with Crippen molar-refractivity contribution in [2.24, 2.45) is 5.92 Å². The lowest BCUT2D eigenvalue weighted by Crippen LogP contribution is -2.30. The molecule has 0 aromatic heterocycles. The maximum Gasteiger partial charge on any atom is 0.138 e. The summed E-state index contributed by atoms with van der Waals surface area (Å²) in [7, 11) is 0. The third-order valence-corrected chi connectivity index (χ3v) is 3.69. The van der Waals surface area contributed by atoms with Gasteiger partial charge in [-0.1, -0.05) is 30.3 Å². The van der Waals surface area contributed by atoms with E-state index in [-0.39, 0.29) is 12.0 Å². The van der Waals surface area contributed by atoms with Crippen LogP contribution in [0.15, 0.2) is 30.9 Å². The Labute approximate surface area is 124 Å². The Balaban J connectivity index is 1.81. The number of aliphatic hydroxyl groups is 1. The largest absolute Gasteiger partial charge is 0.488 e. The highest BCUT2D eigenvalue weighted by Crippen LogP contribution is 2.25. The number of hydrogen-bond acceptors (Lipinski definition) is 4. The second-order valence-electron chi connectivity index (χ2n) is 4.98. The molecule has 0 amide bonds. The molecule has 20 heavy (non-hydrogen) atoms. The van der Waals surface area contributed by atoms with E-state index in [0.29, 0.717) is 23.9 Å². The number of hydrogen-bond donors (Lipinski definition) is 3. The van der Waals surface area contributed by atoms with Gasteiger partial charge >= 0.3 is 0 Å². The third kappa shape index (κ3) is 4.21. The van der Waals surface area contributed by atoms with Crippen LogP contribution in [-0.4, -0.2) is 37.5 Å². The van der Waals surface area contributed by atoms with E-state index in [4.69, 9.17) is 16.3 Å². The fraction of sp³-hybridized carbons (Fsp3) is 0.467. The van der Waals surface area contributed by atoms with Crippen LogP contribution in [0.2, 0.25) is 5.02 Å². The fourth-order valence-corrected chi connectivity index (χ4v) is 2.51. The molecule has 1 fully saturated rings. The molecule has 110 valence electrons. The predicted molar refractivity (Wildman–Crippen MR) is 81.2 cm³/mol. The zero-order valence-corrected chi connectivity index (χ0v) is 12.2. The van der Waals surface area contributed by atoms with Gasteiger partial charge in [-0.15, -0.1) is 0 Å². The molecule has 0 spiro atoms. The molecule has 4 nitrogen and oxygen atoms in total. The van der Waals surface area contributed by atoms with Gasteiger partial charge in [0.1, 0.15) is 12.4 Å². The van der Waals surface area contributed by atoms with Crippen LogP contribution in [0.4, 0.5) is 0 Å². The number of ether oxygens (including phenoxy) is 1. The molecule has 0 aliphatic carbocycles. The molecule has 0 bridgehead atoms. The normalized spacial score (nSPS) is 21.9. The second kappa shape index (κ2) is 7.64. The topological polar surface area (TPSA) is 53.5 Å². The van der Waals surface area contributed by atoms with Gasteiger partial charge in [0.25, 0.3) is 0 Å². The van der Waals surface area contributed by atoms with Crippen molar-refractivity contribution in [1.82, 2.24) is 10.6 Å². The summed E-state index contributed by atoms with van der Waals surface area (Å²) in [4.78, 5) is 0. The molecule has 2 atom stereocenters. The lowest BCUT2D eigenvalue weighted by Gasteiger charge is -2.14. The van der Waals surface area contributed by atoms with Gasteiger partial charge in [0.15, 0.2) is 0 Å². The molecule has 1 saturated heterocycles. The number of β-amino-alcohol motifs (C(OH)–C–C–N with tert-alkyl or cyclic N) is 1. The summed E-state index contributed by atoms with van der Waals surface area (Å²) in [5.41, 5.74) is 1.10. The number of aliphatic hydroxyl groups excluding tert-OH is 1. The minimum absolute atomic E-state index is 0.249. The van der Waals surface area contributed by atoms with Crippen LogP contribution >= 0.6 is 11.6 Å². The summed E-state index contributed by atoms with van der Waals surface area (Å²) < 4.78 is 5.43. The van der Waals surface area contributed by atoms with E-state index < -0.39 is 0 Å². The summed E-state index contributed by atoms with van der Waals surface area (Å²) in [6, 6.07) is 5.76. The maximum atomic E-state index is 9.70. The average Bonchev–Trinajstić information content (AvgIpc) is 2.84. The van der Waals surface area contributed by atoms with Crippen LogP contribution in [0.25, 0.3) is 0 Å². The second-order valence-corrected chi connectivity index (χ2v) is 5.39. The van der Waals surface area contributed by atoms with Gasteiger partial charge in [-0.25, -0.2) is 0 Å². The Morgan fingerprint density at radius 3 is 3.00 bits per heavy atom. The summed E-state index contributed by atoms with van der Waals surface area (Å²) in [5, 5.41) is 16.8. The Morgan fingerprint density at radius 2 is 2.35 bits per heavy atom. The average molecular weight is 297 g/mol. The molecule has 2 rings (SSSR count). The van der Waals surface area contributed by atoms with Gasteiger partial charge in [0, 0.05) is 32.1 Å². The van der Waals surface area contributed by atoms with E-state index in [1.54, 1.807) is 6.08 Å². The van der Waals surface area contributed by atoms with Crippen LogP contribution in [0, 0.1) is 5.92 Å². The lowest BCUT2D eigenvalue weighted by molar-refractivity contribution is 0.146. The van der Waals surface area contributed by atoms with Crippen molar-refractivity contribution in [3.8, 4) is 5.75 Å². The van der Waals surface area contributed by atoms with Crippen LogP contribution in [0.3, 0.4) is 0 Å². The molecule has 3 N–H and O–H groups in total. The third-order valence-electron chi connectivity index (χ3n) is 3.39. The minimum Gasteiger partial charge on any atom is -0.488 e. The molecule has 1 heterocycles. The summed E-state index contributed by atoms with van der Waals surface area (Å²) in [6.45, 7) is 7.12. The molecular weight excluding hydrogens is 276 g/mol. The van der Waals surface area contributed by atoms with Gasteiger partial charge in [-0.2, -0.15) is 0 Å². The first-order valence-electron chi connectivity index (χ1n) is 6.82. The summed E-state index contributed by atoms with van der Waals surface area (Å²) in [5.74, 6) is 0.950. The Bertz CT molecular complexity index is 453. The van der Waals surface area contributed by atoms with Crippen molar-refractivity contribution >= 4 is 11.6 Å². The van der Waals surface area contributed by atoms with Crippen molar-refractivity contribution in [2.75, 3.05) is 26.2 Å². The molecule has 1 aromatic carbocycles. The van der Waals surface area contributed by atoms with E-state index in [1.807, 2.05) is 18.2 Å². The first-order valence-corrected chi connectivity index (χ1v) is 7.20. The Morgan fingerprint density at radius 1 is 1.50 bits per heavy atom. The van der Waals surface area contributed by atoms with Crippen molar-refractivity contribution in [3.05, 3.63) is 41.4 Å². The van der Waals surface area contributed by atoms with Crippen LogP contribution < -0.4 is 15.4 Å². The molecule has 1 aromatic rings. The zero-order chi connectivity index (χ0) is 14.4. The van der Waals surface area contributed by atoms with Crippen molar-refractivity contribution < 1.29 is 9.84 Å². The molecule has 0 radical (unpaired) electrons. The zero-order valence-electron chi connectivity index (χ0n) is 11.4. The summed E-state index contributed by atoms with van der Waals surface area (Å²) >= 11 is 6.16. The van der Waals surface area contributed by atoms with E-state index >= 15 is 0 Å². The Kier molecular flexibility index (Phi) is 5.86. The van der Waals surface area contributed by atoms with Crippen LogP contribution in [0.1, 0.15) is 5.56 Å². The highest BCUT2D eigenvalue weighted by Gasteiger charge is 2.23. The maximum absolute atomic E-state index is 9.70. The SMILES string of the molecule is C=CCOc1ccc(CNCC2CNCC2O)cc1Cl. The van der Waals surface area contributed by atoms with E-state index in [9.17, 15) is 5.11 Å². The standard InChI is InChI=1S/C15H21ClN2O2/c1-2-5-20-15-4-3-11(6-13(15)16)7-17-8-12-9-18-10-14(12)19/h2-4,6,12,14,17-19H,1,5,7-10H2. The van der Waals surface area contributed by atoms with Gasteiger partial charge in [0.2, 0.25) is 0 Å². The fourth-order valence-electron chi connectivity index (χ4n) is 2.25. The molecule has 2 unspecified atom stereocenters. The van der Waals surface area contributed by atoms with E-state index in [0.717, 1.165) is 25.2 Å². The number of halogens is 1. The van der Waals surface area contributed by atoms with Gasteiger partial charge < -0.3 is 20.5 Å². The molecular formula is C15H21ClN2O2. The highest BCUT2D eigenvalue weighted by atomic mass is 35.5. The number of nitrogens with one attached hydrogen (secondary N) is 2. The molecule has 1 aliphatic rings. The highest BCUT2D eigenvalue weighted by molar-refractivity contribution is 6.32. The molecule has 1 aliphatic heterocycles. The van der Waals surface area contributed by atoms with Gasteiger partial charge in [-0.05, 0) is 17.7 Å². The van der Waals surface area contributed by atoms with Crippen molar-refractivity contribution in [1.29, 1.82) is 0 Å². The minimum atomic E-state index is -0.249. The lowest BCUT2D eigenvalue weighted by atomic mass is 10.1. The van der Waals surface area contributed by atoms with E-state index in [2.05, 4.69) is 17.2 Å². The summed E-state index contributed by atoms with van der Waals surface area (Å²) in [6.07, 6.45) is 1.44.